The number of anilines is 2. The molecule has 1 aliphatic rings. The van der Waals surface area contributed by atoms with Gasteiger partial charge in [-0.1, -0.05) is 0 Å². The first-order valence-electron chi connectivity index (χ1n) is 11.6. The summed E-state index contributed by atoms with van der Waals surface area (Å²) in [4.78, 5) is 33.0. The van der Waals surface area contributed by atoms with Gasteiger partial charge in [-0.25, -0.2) is 19.9 Å². The van der Waals surface area contributed by atoms with Gasteiger partial charge in [-0.3, -0.25) is 9.48 Å². The van der Waals surface area contributed by atoms with Crippen LogP contribution in [0.4, 0.5) is 11.8 Å². The molecule has 1 fully saturated rings. The average Bonchev–Trinajstić information content (AvgIpc) is 3.02. The van der Waals surface area contributed by atoms with E-state index in [4.69, 9.17) is 0 Å². The van der Waals surface area contributed by atoms with Gasteiger partial charge in [-0.2, -0.15) is 5.10 Å². The molecule has 0 saturated carbocycles. The third-order valence-corrected chi connectivity index (χ3v) is 6.19. The van der Waals surface area contributed by atoms with Crippen LogP contribution in [-0.2, 0) is 11.8 Å². The Bertz CT molecular complexity index is 1230. The summed E-state index contributed by atoms with van der Waals surface area (Å²) >= 11 is 0. The smallest absolute Gasteiger partial charge is 0.246 e. The zero-order valence-corrected chi connectivity index (χ0v) is 20.8. The van der Waals surface area contributed by atoms with E-state index in [-0.39, 0.29) is 11.8 Å². The molecule has 1 unspecified atom stereocenters. The third-order valence-electron chi connectivity index (χ3n) is 6.19. The molecule has 178 valence electrons. The summed E-state index contributed by atoms with van der Waals surface area (Å²) in [5.74, 6) is 2.03. The molecular formula is C25H32N8O. The molecule has 4 heterocycles. The standard InChI is InChI=1S/C25H32N8O/c1-15-12-16(2)27-25(26-15)30-23-13-22(28-19(5)29-23)20-8-7-11-33(14-20)24(34)10-9-21-17(3)31-32(6)18(21)4/h9-10,12-13,20H,7-8,11,14H2,1-6H3,(H,26,27,28,29,30)/b10-9+. The Balaban J connectivity index is 1.49. The molecule has 0 aliphatic carbocycles. The minimum atomic E-state index is 0.0140. The van der Waals surface area contributed by atoms with Crippen LogP contribution in [0.15, 0.2) is 18.2 Å². The number of nitrogens with zero attached hydrogens (tertiary/aromatic N) is 7. The van der Waals surface area contributed by atoms with Crippen molar-refractivity contribution in [2.45, 2.75) is 53.4 Å². The molecule has 3 aromatic heterocycles. The lowest BCUT2D eigenvalue weighted by Crippen LogP contribution is -2.38. The number of likely N-dealkylation sites (tertiary alicyclic amines) is 1. The fraction of sp³-hybridized carbons (Fsp3) is 0.440. The van der Waals surface area contributed by atoms with Crippen molar-refractivity contribution in [1.82, 2.24) is 34.6 Å². The van der Waals surface area contributed by atoms with E-state index in [1.165, 1.54) is 0 Å². The highest BCUT2D eigenvalue weighted by molar-refractivity contribution is 5.92. The maximum atomic E-state index is 13.0. The van der Waals surface area contributed by atoms with Crippen molar-refractivity contribution in [2.24, 2.45) is 7.05 Å². The number of amides is 1. The first-order valence-corrected chi connectivity index (χ1v) is 11.6. The summed E-state index contributed by atoms with van der Waals surface area (Å²) < 4.78 is 1.84. The van der Waals surface area contributed by atoms with Crippen LogP contribution in [0.25, 0.3) is 6.08 Å². The maximum Gasteiger partial charge on any atom is 0.246 e. The minimum absolute atomic E-state index is 0.0140. The molecule has 9 nitrogen and oxygen atoms in total. The van der Waals surface area contributed by atoms with Crippen LogP contribution < -0.4 is 5.32 Å². The Kier molecular flexibility index (Phi) is 6.72. The molecule has 0 radical (unpaired) electrons. The van der Waals surface area contributed by atoms with E-state index in [1.54, 1.807) is 6.08 Å². The van der Waals surface area contributed by atoms with Gasteiger partial charge < -0.3 is 10.2 Å². The number of nitrogens with one attached hydrogen (secondary N) is 1. The minimum Gasteiger partial charge on any atom is -0.338 e. The molecule has 1 aliphatic heterocycles. The van der Waals surface area contributed by atoms with Crippen molar-refractivity contribution in [3.8, 4) is 0 Å². The fourth-order valence-corrected chi connectivity index (χ4v) is 4.47. The van der Waals surface area contributed by atoms with Gasteiger partial charge in [0, 0.05) is 60.8 Å². The second-order valence-corrected chi connectivity index (χ2v) is 8.99. The Morgan fingerprint density at radius 1 is 1.06 bits per heavy atom. The average molecular weight is 461 g/mol. The van der Waals surface area contributed by atoms with Crippen LogP contribution in [0.1, 0.15) is 58.6 Å². The predicted octanol–water partition coefficient (Wildman–Crippen LogP) is 3.71. The molecule has 1 amide bonds. The van der Waals surface area contributed by atoms with Crippen LogP contribution in [0.3, 0.4) is 0 Å². The van der Waals surface area contributed by atoms with Gasteiger partial charge in [-0.15, -0.1) is 0 Å². The van der Waals surface area contributed by atoms with E-state index in [0.29, 0.717) is 24.1 Å². The molecule has 0 spiro atoms. The van der Waals surface area contributed by atoms with Gasteiger partial charge >= 0.3 is 0 Å². The molecule has 4 rings (SSSR count). The Labute approximate surface area is 200 Å². The summed E-state index contributed by atoms with van der Waals surface area (Å²) in [7, 11) is 1.91. The molecular weight excluding hydrogens is 428 g/mol. The predicted molar refractivity (Wildman–Crippen MR) is 132 cm³/mol. The van der Waals surface area contributed by atoms with E-state index in [0.717, 1.165) is 53.4 Å². The Morgan fingerprint density at radius 2 is 1.79 bits per heavy atom. The zero-order valence-electron chi connectivity index (χ0n) is 20.8. The van der Waals surface area contributed by atoms with Gasteiger partial charge in [-0.05, 0) is 59.6 Å². The van der Waals surface area contributed by atoms with Gasteiger partial charge in [0.05, 0.1) is 11.4 Å². The molecule has 1 atom stereocenters. The van der Waals surface area contributed by atoms with Crippen LogP contribution >= 0.6 is 0 Å². The van der Waals surface area contributed by atoms with Crippen molar-refractivity contribution in [3.05, 3.63) is 58.1 Å². The number of hydrogen-bond acceptors (Lipinski definition) is 7. The van der Waals surface area contributed by atoms with Crippen molar-refractivity contribution in [2.75, 3.05) is 18.4 Å². The molecule has 9 heteroatoms. The molecule has 0 bridgehead atoms. The monoisotopic (exact) mass is 460 g/mol. The normalized spacial score (nSPS) is 16.3. The van der Waals surface area contributed by atoms with E-state index in [9.17, 15) is 4.79 Å². The third kappa shape index (κ3) is 5.30. The highest BCUT2D eigenvalue weighted by atomic mass is 16.2. The van der Waals surface area contributed by atoms with Gasteiger partial charge in [0.2, 0.25) is 11.9 Å². The van der Waals surface area contributed by atoms with Crippen molar-refractivity contribution >= 4 is 23.7 Å². The Hall–Kier alpha value is -3.62. The Morgan fingerprint density at radius 3 is 2.47 bits per heavy atom. The van der Waals surface area contributed by atoms with Gasteiger partial charge in [0.1, 0.15) is 11.6 Å². The lowest BCUT2D eigenvalue weighted by Gasteiger charge is -2.32. The summed E-state index contributed by atoms with van der Waals surface area (Å²) in [5, 5.41) is 7.64. The second kappa shape index (κ2) is 9.70. The molecule has 0 aromatic carbocycles. The van der Waals surface area contributed by atoms with E-state index in [1.807, 2.05) is 69.5 Å². The second-order valence-electron chi connectivity index (χ2n) is 8.99. The van der Waals surface area contributed by atoms with Crippen molar-refractivity contribution < 1.29 is 4.79 Å². The van der Waals surface area contributed by atoms with Gasteiger partial charge in [0.25, 0.3) is 0 Å². The zero-order chi connectivity index (χ0) is 24.4. The maximum absolute atomic E-state index is 13.0. The molecule has 1 saturated heterocycles. The quantitative estimate of drug-likeness (QED) is 0.579. The molecule has 3 aromatic rings. The van der Waals surface area contributed by atoms with Crippen LogP contribution in [-0.4, -0.2) is 53.6 Å². The summed E-state index contributed by atoms with van der Waals surface area (Å²) in [6.45, 7) is 11.1. The van der Waals surface area contributed by atoms with Crippen molar-refractivity contribution in [3.63, 3.8) is 0 Å². The van der Waals surface area contributed by atoms with Crippen LogP contribution in [0, 0.1) is 34.6 Å². The number of carbonyl (C=O) groups is 1. The fourth-order valence-electron chi connectivity index (χ4n) is 4.47. The van der Waals surface area contributed by atoms with Crippen LogP contribution in [0.2, 0.25) is 0 Å². The lowest BCUT2D eigenvalue weighted by atomic mass is 9.94. The SMILES string of the molecule is Cc1cc(C)nc(Nc2cc(C3CCCN(C(=O)/C=C/c4c(C)nn(C)c4C)C3)nc(C)n2)n1. The van der Waals surface area contributed by atoms with E-state index in [2.05, 4.69) is 30.4 Å². The van der Waals surface area contributed by atoms with E-state index < -0.39 is 0 Å². The van der Waals surface area contributed by atoms with Gasteiger partial charge in [0.15, 0.2) is 0 Å². The largest absolute Gasteiger partial charge is 0.338 e. The molecule has 1 N–H and O–H groups in total. The summed E-state index contributed by atoms with van der Waals surface area (Å²) in [5.41, 5.74) is 5.69. The number of aryl methyl sites for hydroxylation is 5. The number of hydrogen-bond donors (Lipinski definition) is 1. The van der Waals surface area contributed by atoms with Crippen molar-refractivity contribution in [1.29, 1.82) is 0 Å². The summed E-state index contributed by atoms with van der Waals surface area (Å²) in [6.07, 6.45) is 5.45. The number of aromatic nitrogens is 6. The lowest BCUT2D eigenvalue weighted by molar-refractivity contribution is -0.127. The first kappa shape index (κ1) is 23.5. The first-order chi connectivity index (χ1) is 16.2. The highest BCUT2D eigenvalue weighted by Crippen LogP contribution is 2.28. The topological polar surface area (TPSA) is 102 Å². The number of rotatable bonds is 5. The summed E-state index contributed by atoms with van der Waals surface area (Å²) in [6, 6.07) is 3.88. The molecule has 34 heavy (non-hydrogen) atoms. The van der Waals surface area contributed by atoms with Crippen LogP contribution in [0.5, 0.6) is 0 Å². The van der Waals surface area contributed by atoms with E-state index >= 15 is 0 Å². The highest BCUT2D eigenvalue weighted by Gasteiger charge is 2.25. The number of piperidine rings is 1. The number of carbonyl (C=O) groups excluding carboxylic acids is 1.